The van der Waals surface area contributed by atoms with E-state index in [1.807, 2.05) is 0 Å². The maximum atomic E-state index is 3.31. The van der Waals surface area contributed by atoms with E-state index in [0.717, 1.165) is 12.0 Å². The highest BCUT2D eigenvalue weighted by atomic mass is 15.2. The van der Waals surface area contributed by atoms with E-state index in [4.69, 9.17) is 0 Å². The molecule has 0 aromatic carbocycles. The van der Waals surface area contributed by atoms with Crippen molar-refractivity contribution in [2.45, 2.75) is 45.1 Å². The van der Waals surface area contributed by atoms with Crippen molar-refractivity contribution in [3.05, 3.63) is 0 Å². The molecule has 14 heavy (non-hydrogen) atoms. The van der Waals surface area contributed by atoms with Gasteiger partial charge in [0.15, 0.2) is 0 Å². The molecule has 0 radical (unpaired) electrons. The molecule has 1 heterocycles. The molecule has 2 nitrogen and oxygen atoms in total. The third-order valence-electron chi connectivity index (χ3n) is 4.32. The average Bonchev–Trinajstić information content (AvgIpc) is 2.47. The van der Waals surface area contributed by atoms with E-state index in [9.17, 15) is 0 Å². The zero-order valence-electron chi connectivity index (χ0n) is 9.90. The maximum absolute atomic E-state index is 3.31. The first kappa shape index (κ1) is 10.4. The van der Waals surface area contributed by atoms with E-state index in [1.165, 1.54) is 38.8 Å². The molecule has 1 aliphatic carbocycles. The number of nitrogens with one attached hydrogen (secondary N) is 1. The van der Waals surface area contributed by atoms with Crippen LogP contribution in [0.25, 0.3) is 0 Å². The Morgan fingerprint density at radius 1 is 1.29 bits per heavy atom. The summed E-state index contributed by atoms with van der Waals surface area (Å²) in [5, 5.41) is 3.31. The first-order valence-electron chi connectivity index (χ1n) is 5.98. The minimum atomic E-state index is 0.341. The summed E-state index contributed by atoms with van der Waals surface area (Å²) in [5.74, 6) is 0. The van der Waals surface area contributed by atoms with Crippen LogP contribution < -0.4 is 5.32 Å². The van der Waals surface area contributed by atoms with Crippen molar-refractivity contribution in [3.8, 4) is 0 Å². The molecular formula is C12H24N2. The van der Waals surface area contributed by atoms with Gasteiger partial charge in [0.05, 0.1) is 0 Å². The molecule has 2 fully saturated rings. The van der Waals surface area contributed by atoms with Gasteiger partial charge in [-0.2, -0.15) is 0 Å². The molecule has 1 saturated carbocycles. The van der Waals surface area contributed by atoms with Crippen molar-refractivity contribution in [3.63, 3.8) is 0 Å². The number of hydrogen-bond acceptors (Lipinski definition) is 2. The third kappa shape index (κ3) is 1.70. The number of likely N-dealkylation sites (tertiary alicyclic amines) is 1. The monoisotopic (exact) mass is 196 g/mol. The zero-order chi connectivity index (χ0) is 10.2. The van der Waals surface area contributed by atoms with Crippen molar-refractivity contribution >= 4 is 0 Å². The molecule has 1 aliphatic heterocycles. The normalized spacial score (nSPS) is 26.8. The van der Waals surface area contributed by atoms with Crippen LogP contribution >= 0.6 is 0 Å². The minimum Gasteiger partial charge on any atom is -0.318 e. The van der Waals surface area contributed by atoms with Crippen LogP contribution in [0.5, 0.6) is 0 Å². The van der Waals surface area contributed by atoms with Gasteiger partial charge in [-0.15, -0.1) is 0 Å². The fourth-order valence-corrected chi connectivity index (χ4v) is 3.08. The second kappa shape index (κ2) is 3.49. The lowest BCUT2D eigenvalue weighted by Gasteiger charge is -2.41. The van der Waals surface area contributed by atoms with Crippen LogP contribution in [0.3, 0.4) is 0 Å². The Bertz CT molecular complexity index is 206. The highest BCUT2D eigenvalue weighted by molar-refractivity contribution is 5.00. The standard InChI is InChI=1S/C12H24N2/c1-11(2,9-13-3)14-8-7-12(10-14)5-4-6-12/h13H,4-10H2,1-3H3. The van der Waals surface area contributed by atoms with Crippen LogP contribution in [0.1, 0.15) is 39.5 Å². The highest BCUT2D eigenvalue weighted by Gasteiger charge is 2.45. The summed E-state index contributed by atoms with van der Waals surface area (Å²) in [6, 6.07) is 0. The van der Waals surface area contributed by atoms with E-state index < -0.39 is 0 Å². The molecule has 0 atom stereocenters. The van der Waals surface area contributed by atoms with E-state index in [2.05, 4.69) is 31.1 Å². The Balaban J connectivity index is 1.94. The molecule has 1 saturated heterocycles. The average molecular weight is 196 g/mol. The molecular weight excluding hydrogens is 172 g/mol. The van der Waals surface area contributed by atoms with Gasteiger partial charge in [0.2, 0.25) is 0 Å². The smallest absolute Gasteiger partial charge is 0.0277 e. The Hall–Kier alpha value is -0.0800. The van der Waals surface area contributed by atoms with Crippen LogP contribution in [0.15, 0.2) is 0 Å². The fraction of sp³-hybridized carbons (Fsp3) is 1.00. The third-order valence-corrected chi connectivity index (χ3v) is 4.32. The van der Waals surface area contributed by atoms with Crippen LogP contribution in [-0.2, 0) is 0 Å². The number of hydrogen-bond donors (Lipinski definition) is 1. The van der Waals surface area contributed by atoms with Crippen molar-refractivity contribution in [2.75, 3.05) is 26.7 Å². The van der Waals surface area contributed by atoms with Gasteiger partial charge >= 0.3 is 0 Å². The molecule has 0 unspecified atom stereocenters. The molecule has 0 aromatic heterocycles. The molecule has 0 aromatic rings. The van der Waals surface area contributed by atoms with Crippen molar-refractivity contribution in [2.24, 2.45) is 5.41 Å². The Morgan fingerprint density at radius 3 is 2.43 bits per heavy atom. The van der Waals surface area contributed by atoms with E-state index in [1.54, 1.807) is 0 Å². The SMILES string of the molecule is CNCC(C)(C)N1CCC2(CCC2)C1. The lowest BCUT2D eigenvalue weighted by Crippen LogP contribution is -2.50. The lowest BCUT2D eigenvalue weighted by atomic mass is 9.68. The first-order chi connectivity index (χ1) is 6.58. The molecule has 2 aliphatic rings. The molecule has 0 amide bonds. The summed E-state index contributed by atoms with van der Waals surface area (Å²) in [6.45, 7) is 8.49. The number of rotatable bonds is 3. The summed E-state index contributed by atoms with van der Waals surface area (Å²) < 4.78 is 0. The van der Waals surface area contributed by atoms with Crippen molar-refractivity contribution in [1.82, 2.24) is 10.2 Å². The fourth-order valence-electron chi connectivity index (χ4n) is 3.08. The van der Waals surface area contributed by atoms with Crippen molar-refractivity contribution in [1.29, 1.82) is 0 Å². The molecule has 2 heteroatoms. The van der Waals surface area contributed by atoms with E-state index >= 15 is 0 Å². The van der Waals surface area contributed by atoms with E-state index in [0.29, 0.717) is 5.54 Å². The zero-order valence-corrected chi connectivity index (χ0v) is 9.90. The van der Waals surface area contributed by atoms with Crippen LogP contribution in [0.2, 0.25) is 0 Å². The van der Waals surface area contributed by atoms with Crippen LogP contribution in [0, 0.1) is 5.41 Å². The predicted molar refractivity (Wildman–Crippen MR) is 60.5 cm³/mol. The number of nitrogens with zero attached hydrogens (tertiary/aromatic N) is 1. The van der Waals surface area contributed by atoms with E-state index in [-0.39, 0.29) is 0 Å². The van der Waals surface area contributed by atoms with Gasteiger partial charge in [-0.3, -0.25) is 4.90 Å². The molecule has 82 valence electrons. The van der Waals surface area contributed by atoms with Crippen LogP contribution in [0.4, 0.5) is 0 Å². The minimum absolute atomic E-state index is 0.341. The Kier molecular flexibility index (Phi) is 2.61. The summed E-state index contributed by atoms with van der Waals surface area (Å²) in [6.07, 6.45) is 5.89. The molecule has 1 spiro atoms. The van der Waals surface area contributed by atoms with Crippen LogP contribution in [-0.4, -0.2) is 37.1 Å². The van der Waals surface area contributed by atoms with Gasteiger partial charge in [0.25, 0.3) is 0 Å². The summed E-state index contributed by atoms with van der Waals surface area (Å²) in [4.78, 5) is 2.68. The van der Waals surface area contributed by atoms with Gasteiger partial charge in [0.1, 0.15) is 0 Å². The largest absolute Gasteiger partial charge is 0.318 e. The Morgan fingerprint density at radius 2 is 2.00 bits per heavy atom. The summed E-state index contributed by atoms with van der Waals surface area (Å²) in [7, 11) is 2.05. The lowest BCUT2D eigenvalue weighted by molar-refractivity contribution is 0.0929. The second-order valence-corrected chi connectivity index (χ2v) is 5.87. The molecule has 1 N–H and O–H groups in total. The number of likely N-dealkylation sites (N-methyl/N-ethyl adjacent to an activating group) is 1. The molecule has 2 rings (SSSR count). The van der Waals surface area contributed by atoms with Gasteiger partial charge in [-0.1, -0.05) is 6.42 Å². The summed E-state index contributed by atoms with van der Waals surface area (Å²) >= 11 is 0. The second-order valence-electron chi connectivity index (χ2n) is 5.87. The van der Waals surface area contributed by atoms with Gasteiger partial charge in [-0.25, -0.2) is 0 Å². The highest BCUT2D eigenvalue weighted by Crippen LogP contribution is 2.49. The van der Waals surface area contributed by atoms with Gasteiger partial charge in [-0.05, 0) is 52.1 Å². The molecule has 0 bridgehead atoms. The maximum Gasteiger partial charge on any atom is 0.0277 e. The summed E-state index contributed by atoms with van der Waals surface area (Å²) in [5.41, 5.74) is 1.08. The quantitative estimate of drug-likeness (QED) is 0.741. The van der Waals surface area contributed by atoms with Gasteiger partial charge < -0.3 is 5.32 Å². The predicted octanol–water partition coefficient (Wildman–Crippen LogP) is 1.86. The van der Waals surface area contributed by atoms with Crippen molar-refractivity contribution < 1.29 is 0 Å². The van der Waals surface area contributed by atoms with Gasteiger partial charge in [0, 0.05) is 18.6 Å². The first-order valence-corrected chi connectivity index (χ1v) is 5.98. The topological polar surface area (TPSA) is 15.3 Å². The Labute approximate surface area is 88.1 Å².